The quantitative estimate of drug-likeness (QED) is 0.347. The molecule has 8 nitrogen and oxygen atoms in total. The Labute approximate surface area is 243 Å². The summed E-state index contributed by atoms with van der Waals surface area (Å²) < 4.78 is 34.3. The van der Waals surface area contributed by atoms with Crippen LogP contribution in [0.4, 0.5) is 5.69 Å². The van der Waals surface area contributed by atoms with E-state index in [1.807, 2.05) is 38.1 Å². The minimum atomic E-state index is -4.12. The van der Waals surface area contributed by atoms with Crippen LogP contribution in [0.3, 0.4) is 0 Å². The Morgan fingerprint density at radius 3 is 2.20 bits per heavy atom. The molecule has 1 N–H and O–H groups in total. The Balaban J connectivity index is 1.69. The molecule has 4 rings (SSSR count). The summed E-state index contributed by atoms with van der Waals surface area (Å²) in [6.45, 7) is 5.23. The summed E-state index contributed by atoms with van der Waals surface area (Å²) in [6.07, 6.45) is 3.98. The highest BCUT2D eigenvalue weighted by Gasteiger charge is 2.33. The highest BCUT2D eigenvalue weighted by atomic mass is 32.2. The number of nitrogens with zero attached hydrogens (tertiary/aromatic N) is 2. The van der Waals surface area contributed by atoms with Gasteiger partial charge in [-0.25, -0.2) is 8.42 Å². The van der Waals surface area contributed by atoms with Gasteiger partial charge in [-0.15, -0.1) is 0 Å². The van der Waals surface area contributed by atoms with Crippen molar-refractivity contribution in [3.8, 4) is 5.75 Å². The molecule has 1 fully saturated rings. The largest absolute Gasteiger partial charge is 0.497 e. The molecule has 0 saturated heterocycles. The number of carbonyl (C=O) groups excluding carboxylic acids is 2. The standard InChI is InChI=1S/C32H39N3O5S/c1-23-13-19-30(20-14-23)41(38,39)35(28-15-17-29(40-4)18-16-28)22-31(36)34(21-26-10-6-5-9-24(26)2)25(3)32(37)33-27-11-7-8-12-27/h5-6,9-10,13-20,25,27H,7-8,11-12,21-22H2,1-4H3,(H,33,37)/t25-/m0/s1. The smallest absolute Gasteiger partial charge is 0.264 e. The average Bonchev–Trinajstić information content (AvgIpc) is 3.48. The van der Waals surface area contributed by atoms with Gasteiger partial charge >= 0.3 is 0 Å². The molecule has 1 aliphatic rings. The molecule has 0 heterocycles. The fourth-order valence-corrected chi connectivity index (χ4v) is 6.47. The van der Waals surface area contributed by atoms with Crippen LogP contribution in [0, 0.1) is 13.8 Å². The molecule has 0 aromatic heterocycles. The average molecular weight is 578 g/mol. The zero-order valence-corrected chi connectivity index (χ0v) is 25.0. The van der Waals surface area contributed by atoms with Crippen molar-refractivity contribution in [2.45, 2.75) is 70.0 Å². The number of amides is 2. The highest BCUT2D eigenvalue weighted by molar-refractivity contribution is 7.92. The van der Waals surface area contributed by atoms with Gasteiger partial charge in [0, 0.05) is 12.6 Å². The summed E-state index contributed by atoms with van der Waals surface area (Å²) in [5, 5.41) is 3.09. The van der Waals surface area contributed by atoms with Crippen LogP contribution in [0.25, 0.3) is 0 Å². The third-order valence-corrected chi connectivity index (χ3v) is 9.51. The van der Waals surface area contributed by atoms with Crippen LogP contribution in [0.2, 0.25) is 0 Å². The lowest BCUT2D eigenvalue weighted by atomic mass is 10.1. The number of rotatable bonds is 11. The number of aryl methyl sites for hydroxylation is 2. The second-order valence-corrected chi connectivity index (χ2v) is 12.5. The van der Waals surface area contributed by atoms with E-state index in [2.05, 4.69) is 5.32 Å². The van der Waals surface area contributed by atoms with Crippen molar-refractivity contribution >= 4 is 27.5 Å². The van der Waals surface area contributed by atoms with Crippen LogP contribution in [-0.4, -0.2) is 50.9 Å². The fraction of sp³-hybridized carbons (Fsp3) is 0.375. The van der Waals surface area contributed by atoms with Gasteiger partial charge in [-0.2, -0.15) is 0 Å². The summed E-state index contributed by atoms with van der Waals surface area (Å²) in [4.78, 5) is 29.0. The topological polar surface area (TPSA) is 96.0 Å². The lowest BCUT2D eigenvalue weighted by molar-refractivity contribution is -0.139. The Kier molecular flexibility index (Phi) is 9.70. The molecule has 3 aromatic rings. The predicted molar refractivity (Wildman–Crippen MR) is 160 cm³/mol. The van der Waals surface area contributed by atoms with Gasteiger partial charge in [-0.3, -0.25) is 13.9 Å². The summed E-state index contributed by atoms with van der Waals surface area (Å²) >= 11 is 0. The Hall–Kier alpha value is -3.85. The van der Waals surface area contributed by atoms with Crippen LogP contribution in [0.5, 0.6) is 5.75 Å². The van der Waals surface area contributed by atoms with Crippen molar-refractivity contribution in [1.29, 1.82) is 0 Å². The number of methoxy groups -OCH3 is 1. The van der Waals surface area contributed by atoms with E-state index in [1.54, 1.807) is 43.3 Å². The molecule has 3 aromatic carbocycles. The molecule has 0 spiro atoms. The van der Waals surface area contributed by atoms with Gasteiger partial charge in [0.05, 0.1) is 17.7 Å². The van der Waals surface area contributed by atoms with Crippen molar-refractivity contribution in [2.75, 3.05) is 18.0 Å². The summed E-state index contributed by atoms with van der Waals surface area (Å²) in [5.41, 5.74) is 3.10. The number of benzene rings is 3. The second-order valence-electron chi connectivity index (χ2n) is 10.6. The monoisotopic (exact) mass is 577 g/mol. The van der Waals surface area contributed by atoms with Crippen LogP contribution in [-0.2, 0) is 26.2 Å². The van der Waals surface area contributed by atoms with Gasteiger partial charge < -0.3 is 15.0 Å². The zero-order chi connectivity index (χ0) is 29.6. The van der Waals surface area contributed by atoms with Gasteiger partial charge in [-0.1, -0.05) is 54.8 Å². The third kappa shape index (κ3) is 7.27. The maximum Gasteiger partial charge on any atom is 0.264 e. The predicted octanol–water partition coefficient (Wildman–Crippen LogP) is 4.98. The molecule has 2 amide bonds. The van der Waals surface area contributed by atoms with Crippen molar-refractivity contribution in [1.82, 2.24) is 10.2 Å². The van der Waals surface area contributed by atoms with E-state index in [0.717, 1.165) is 46.7 Å². The maximum atomic E-state index is 14.1. The van der Waals surface area contributed by atoms with E-state index in [0.29, 0.717) is 11.4 Å². The van der Waals surface area contributed by atoms with Crippen LogP contribution < -0.4 is 14.4 Å². The summed E-state index contributed by atoms with van der Waals surface area (Å²) in [5.74, 6) is -0.156. The minimum absolute atomic E-state index is 0.0733. The van der Waals surface area contributed by atoms with Crippen molar-refractivity contribution in [2.24, 2.45) is 0 Å². The van der Waals surface area contributed by atoms with Crippen molar-refractivity contribution in [3.05, 3.63) is 89.5 Å². The summed E-state index contributed by atoms with van der Waals surface area (Å²) in [6, 6.07) is 20.0. The number of ether oxygens (including phenoxy) is 1. The molecule has 0 unspecified atom stereocenters. The minimum Gasteiger partial charge on any atom is -0.497 e. The van der Waals surface area contributed by atoms with Gasteiger partial charge in [-0.05, 0) is 81.1 Å². The molecule has 218 valence electrons. The molecule has 1 atom stereocenters. The lowest BCUT2D eigenvalue weighted by Gasteiger charge is -2.33. The number of hydrogen-bond acceptors (Lipinski definition) is 5. The van der Waals surface area contributed by atoms with E-state index < -0.39 is 28.5 Å². The Bertz CT molecular complexity index is 1450. The van der Waals surface area contributed by atoms with Crippen molar-refractivity contribution in [3.63, 3.8) is 0 Å². The van der Waals surface area contributed by atoms with Gasteiger partial charge in [0.2, 0.25) is 11.8 Å². The number of carbonyl (C=O) groups is 2. The van der Waals surface area contributed by atoms with E-state index in [1.165, 1.54) is 24.1 Å². The van der Waals surface area contributed by atoms with E-state index in [-0.39, 0.29) is 23.4 Å². The SMILES string of the molecule is COc1ccc(N(CC(=O)N(Cc2ccccc2C)[C@@H](C)C(=O)NC2CCCC2)S(=O)(=O)c2ccc(C)cc2)cc1. The fourth-order valence-electron chi connectivity index (χ4n) is 5.06. The Morgan fingerprint density at radius 2 is 1.59 bits per heavy atom. The summed E-state index contributed by atoms with van der Waals surface area (Å²) in [7, 11) is -2.59. The molecule has 0 bridgehead atoms. The van der Waals surface area contributed by atoms with Gasteiger partial charge in [0.15, 0.2) is 0 Å². The normalized spacial score (nSPS) is 14.3. The Morgan fingerprint density at radius 1 is 0.951 bits per heavy atom. The first-order chi connectivity index (χ1) is 19.6. The van der Waals surface area contributed by atoms with Crippen LogP contribution in [0.15, 0.2) is 77.7 Å². The first-order valence-electron chi connectivity index (χ1n) is 14.0. The van der Waals surface area contributed by atoms with Gasteiger partial charge in [0.25, 0.3) is 10.0 Å². The van der Waals surface area contributed by atoms with Crippen LogP contribution in [0.1, 0.15) is 49.3 Å². The van der Waals surface area contributed by atoms with Crippen molar-refractivity contribution < 1.29 is 22.7 Å². The molecular weight excluding hydrogens is 538 g/mol. The van der Waals surface area contributed by atoms with Crippen LogP contribution >= 0.6 is 0 Å². The molecule has 1 saturated carbocycles. The number of sulfonamides is 1. The van der Waals surface area contributed by atoms with Gasteiger partial charge in [0.1, 0.15) is 18.3 Å². The number of nitrogens with one attached hydrogen (secondary N) is 1. The second kappa shape index (κ2) is 13.2. The molecule has 0 aliphatic heterocycles. The first-order valence-corrected chi connectivity index (χ1v) is 15.4. The molecule has 1 aliphatic carbocycles. The molecular formula is C32H39N3O5S. The van der Waals surface area contributed by atoms with E-state index >= 15 is 0 Å². The zero-order valence-electron chi connectivity index (χ0n) is 24.2. The first kappa shape index (κ1) is 30.1. The number of anilines is 1. The molecule has 41 heavy (non-hydrogen) atoms. The highest BCUT2D eigenvalue weighted by Crippen LogP contribution is 2.27. The third-order valence-electron chi connectivity index (χ3n) is 7.72. The van der Waals surface area contributed by atoms with E-state index in [9.17, 15) is 18.0 Å². The molecule has 0 radical (unpaired) electrons. The van der Waals surface area contributed by atoms with E-state index in [4.69, 9.17) is 4.74 Å². The lowest BCUT2D eigenvalue weighted by Crippen LogP contribution is -2.52. The maximum absolute atomic E-state index is 14.1. The molecule has 9 heteroatoms. The number of hydrogen-bond donors (Lipinski definition) is 1.